The summed E-state index contributed by atoms with van der Waals surface area (Å²) in [6, 6.07) is 5.96. The Hall–Kier alpha value is -2.12. The molecule has 1 amide bonds. The van der Waals surface area contributed by atoms with Gasteiger partial charge in [-0.1, -0.05) is 12.1 Å². The van der Waals surface area contributed by atoms with Crippen LogP contribution in [0.2, 0.25) is 0 Å². The van der Waals surface area contributed by atoms with Crippen molar-refractivity contribution in [3.8, 4) is 0 Å². The van der Waals surface area contributed by atoms with E-state index in [0.717, 1.165) is 75.9 Å². The van der Waals surface area contributed by atoms with Gasteiger partial charge >= 0.3 is 5.76 Å². The first-order valence-electron chi connectivity index (χ1n) is 10.9. The predicted octanol–water partition coefficient (Wildman–Crippen LogP) is 2.31. The molecule has 0 aliphatic carbocycles. The third-order valence-electron chi connectivity index (χ3n) is 6.52. The highest BCUT2D eigenvalue weighted by atomic mass is 16.4. The van der Waals surface area contributed by atoms with Gasteiger partial charge in [-0.05, 0) is 63.6 Å². The van der Waals surface area contributed by atoms with Crippen LogP contribution < -0.4 is 5.76 Å². The first-order chi connectivity index (χ1) is 14.1. The molecule has 1 aromatic heterocycles. The number of nitrogens with one attached hydrogen (secondary N) is 1. The van der Waals surface area contributed by atoms with E-state index in [9.17, 15) is 9.59 Å². The standard InChI is InChI=1S/C22H31N3O4/c26-15-20(27)25-12-3-6-16(13-25)5-2-10-24-11-4-7-17(14-24)18-8-1-9-19-21(18)29-22(28)23-19/h1,8-9,16-17,26H,2-7,10-15H2,(H,23,28). The number of carbonyl (C=O) groups excluding carboxylic acids is 1. The first kappa shape index (κ1) is 20.2. The fourth-order valence-corrected chi connectivity index (χ4v) is 5.06. The van der Waals surface area contributed by atoms with Gasteiger partial charge in [0, 0.05) is 31.1 Å². The van der Waals surface area contributed by atoms with E-state index in [4.69, 9.17) is 9.52 Å². The number of hydrogen-bond acceptors (Lipinski definition) is 5. The number of piperidine rings is 2. The minimum absolute atomic E-state index is 0.140. The van der Waals surface area contributed by atoms with Gasteiger partial charge in [-0.2, -0.15) is 0 Å². The molecule has 4 rings (SSSR count). The number of aromatic nitrogens is 1. The van der Waals surface area contributed by atoms with Crippen LogP contribution in [0.5, 0.6) is 0 Å². The van der Waals surface area contributed by atoms with Crippen molar-refractivity contribution >= 4 is 17.0 Å². The van der Waals surface area contributed by atoms with Crippen LogP contribution in [-0.2, 0) is 4.79 Å². The molecule has 7 heteroatoms. The number of rotatable bonds is 6. The zero-order valence-corrected chi connectivity index (χ0v) is 16.9. The number of hydrogen-bond donors (Lipinski definition) is 2. The largest absolute Gasteiger partial charge is 0.417 e. The van der Waals surface area contributed by atoms with Crippen LogP contribution in [0.3, 0.4) is 0 Å². The number of H-pyrrole nitrogens is 1. The van der Waals surface area contributed by atoms with Gasteiger partial charge in [0.15, 0.2) is 5.58 Å². The van der Waals surface area contributed by atoms with E-state index < -0.39 is 0 Å². The zero-order chi connectivity index (χ0) is 20.2. The van der Waals surface area contributed by atoms with Crippen molar-refractivity contribution in [2.24, 2.45) is 5.92 Å². The normalized spacial score (nSPS) is 23.6. The molecule has 2 N–H and O–H groups in total. The third-order valence-corrected chi connectivity index (χ3v) is 6.52. The van der Waals surface area contributed by atoms with Crippen molar-refractivity contribution in [2.75, 3.05) is 39.3 Å². The quantitative estimate of drug-likeness (QED) is 0.775. The first-order valence-corrected chi connectivity index (χ1v) is 10.9. The molecule has 0 bridgehead atoms. The third kappa shape index (κ3) is 4.73. The molecule has 2 aromatic rings. The number of amides is 1. The molecular formula is C22H31N3O4. The molecule has 2 aliphatic heterocycles. The monoisotopic (exact) mass is 401 g/mol. The fraction of sp³-hybridized carbons (Fsp3) is 0.636. The summed E-state index contributed by atoms with van der Waals surface area (Å²) < 4.78 is 5.41. The molecule has 7 nitrogen and oxygen atoms in total. The summed E-state index contributed by atoms with van der Waals surface area (Å²) in [6.45, 7) is 4.36. The van der Waals surface area contributed by atoms with Crippen molar-refractivity contribution in [3.05, 3.63) is 34.3 Å². The van der Waals surface area contributed by atoms with Gasteiger partial charge in [0.1, 0.15) is 6.61 Å². The predicted molar refractivity (Wildman–Crippen MR) is 111 cm³/mol. The number of carbonyl (C=O) groups is 1. The Kier molecular flexibility index (Phi) is 6.35. The van der Waals surface area contributed by atoms with E-state index in [0.29, 0.717) is 17.4 Å². The molecule has 2 saturated heterocycles. The lowest BCUT2D eigenvalue weighted by molar-refractivity contribution is -0.136. The minimum Gasteiger partial charge on any atom is -0.408 e. The number of benzene rings is 1. The molecule has 1 aromatic carbocycles. The average molecular weight is 402 g/mol. The van der Waals surface area contributed by atoms with E-state index in [1.807, 2.05) is 17.0 Å². The Morgan fingerprint density at radius 1 is 1.21 bits per heavy atom. The van der Waals surface area contributed by atoms with Gasteiger partial charge in [0.2, 0.25) is 5.91 Å². The summed E-state index contributed by atoms with van der Waals surface area (Å²) >= 11 is 0. The average Bonchev–Trinajstić information content (AvgIpc) is 3.14. The van der Waals surface area contributed by atoms with Crippen molar-refractivity contribution in [3.63, 3.8) is 0 Å². The van der Waals surface area contributed by atoms with Crippen LogP contribution in [0.1, 0.15) is 50.0 Å². The number of aromatic amines is 1. The summed E-state index contributed by atoms with van der Waals surface area (Å²) in [6.07, 6.45) is 6.73. The van der Waals surface area contributed by atoms with E-state index in [1.54, 1.807) is 0 Å². The Bertz CT molecular complexity index is 890. The number of aliphatic hydroxyl groups is 1. The number of nitrogens with zero attached hydrogens (tertiary/aromatic N) is 2. The summed E-state index contributed by atoms with van der Waals surface area (Å²) in [4.78, 5) is 30.4. The van der Waals surface area contributed by atoms with Crippen LogP contribution in [0.25, 0.3) is 11.1 Å². The topological polar surface area (TPSA) is 89.8 Å². The Labute approximate surface area is 170 Å². The molecule has 0 saturated carbocycles. The maximum atomic E-state index is 11.7. The number of likely N-dealkylation sites (tertiary alicyclic amines) is 2. The Balaban J connectivity index is 1.30. The molecule has 2 unspecified atom stereocenters. The van der Waals surface area contributed by atoms with Crippen LogP contribution >= 0.6 is 0 Å². The van der Waals surface area contributed by atoms with Gasteiger partial charge in [-0.3, -0.25) is 9.78 Å². The molecule has 29 heavy (non-hydrogen) atoms. The molecule has 2 aliphatic rings. The van der Waals surface area contributed by atoms with Gasteiger partial charge < -0.3 is 19.3 Å². The van der Waals surface area contributed by atoms with Crippen LogP contribution in [-0.4, -0.2) is 65.1 Å². The fourth-order valence-electron chi connectivity index (χ4n) is 5.06. The molecular weight excluding hydrogens is 370 g/mol. The number of aliphatic hydroxyl groups excluding tert-OH is 1. The SMILES string of the molecule is O=C(CO)N1CCCC(CCCN2CCCC(c3cccc4[nH]c(=O)oc34)C2)C1. The summed E-state index contributed by atoms with van der Waals surface area (Å²) in [5.41, 5.74) is 2.63. The summed E-state index contributed by atoms with van der Waals surface area (Å²) in [7, 11) is 0. The second-order valence-electron chi connectivity index (χ2n) is 8.53. The maximum absolute atomic E-state index is 11.7. The van der Waals surface area contributed by atoms with E-state index in [-0.39, 0.29) is 18.3 Å². The maximum Gasteiger partial charge on any atom is 0.417 e. The smallest absolute Gasteiger partial charge is 0.408 e. The van der Waals surface area contributed by atoms with Crippen LogP contribution in [0.15, 0.2) is 27.4 Å². The lowest BCUT2D eigenvalue weighted by Crippen LogP contribution is -2.41. The van der Waals surface area contributed by atoms with Crippen LogP contribution in [0.4, 0.5) is 0 Å². The second kappa shape index (κ2) is 9.13. The molecule has 0 radical (unpaired) electrons. The van der Waals surface area contributed by atoms with Crippen molar-refractivity contribution in [2.45, 2.75) is 44.4 Å². The summed E-state index contributed by atoms with van der Waals surface area (Å²) in [5, 5.41) is 9.08. The number of para-hydroxylation sites is 1. The van der Waals surface area contributed by atoms with E-state index in [2.05, 4.69) is 16.0 Å². The van der Waals surface area contributed by atoms with Crippen molar-refractivity contribution in [1.29, 1.82) is 0 Å². The Morgan fingerprint density at radius 3 is 2.93 bits per heavy atom. The lowest BCUT2D eigenvalue weighted by Gasteiger charge is -2.35. The molecule has 0 spiro atoms. The van der Waals surface area contributed by atoms with E-state index in [1.165, 1.54) is 6.42 Å². The lowest BCUT2D eigenvalue weighted by atomic mass is 9.89. The number of oxazole rings is 1. The Morgan fingerprint density at radius 2 is 2.07 bits per heavy atom. The molecule has 2 atom stereocenters. The highest BCUT2D eigenvalue weighted by Crippen LogP contribution is 2.31. The van der Waals surface area contributed by atoms with Crippen molar-refractivity contribution in [1.82, 2.24) is 14.8 Å². The molecule has 2 fully saturated rings. The highest BCUT2D eigenvalue weighted by Gasteiger charge is 2.26. The zero-order valence-electron chi connectivity index (χ0n) is 16.9. The number of fused-ring (bicyclic) bond motifs is 1. The minimum atomic E-state index is -0.388. The summed E-state index contributed by atoms with van der Waals surface area (Å²) in [5.74, 6) is 0.405. The molecule has 158 valence electrons. The van der Waals surface area contributed by atoms with Gasteiger partial charge in [-0.15, -0.1) is 0 Å². The van der Waals surface area contributed by atoms with Gasteiger partial charge in [-0.25, -0.2) is 4.79 Å². The van der Waals surface area contributed by atoms with E-state index >= 15 is 0 Å². The van der Waals surface area contributed by atoms with Crippen molar-refractivity contribution < 1.29 is 14.3 Å². The van der Waals surface area contributed by atoms with Gasteiger partial charge in [0.05, 0.1) is 5.52 Å². The highest BCUT2D eigenvalue weighted by molar-refractivity contribution is 5.77. The van der Waals surface area contributed by atoms with Crippen LogP contribution in [0, 0.1) is 5.92 Å². The molecule has 3 heterocycles. The van der Waals surface area contributed by atoms with Gasteiger partial charge in [0.25, 0.3) is 0 Å². The second-order valence-corrected chi connectivity index (χ2v) is 8.53.